The predicted molar refractivity (Wildman–Crippen MR) is 90.9 cm³/mol. The summed E-state index contributed by atoms with van der Waals surface area (Å²) in [6.07, 6.45) is 1.62. The van der Waals surface area contributed by atoms with E-state index in [1.54, 1.807) is 11.3 Å². The first-order chi connectivity index (χ1) is 10.8. The van der Waals surface area contributed by atoms with Gasteiger partial charge in [-0.15, -0.1) is 0 Å². The second kappa shape index (κ2) is 7.07. The van der Waals surface area contributed by atoms with Crippen LogP contribution in [0.5, 0.6) is 0 Å². The minimum atomic E-state index is 0.123. The van der Waals surface area contributed by atoms with E-state index >= 15 is 0 Å². The smallest absolute Gasteiger partial charge is 0.219 e. The minimum Gasteiger partial charge on any atom is -0.354 e. The molecule has 0 spiro atoms. The number of hydrogen-bond donors (Lipinski definition) is 1. The van der Waals surface area contributed by atoms with E-state index in [1.807, 2.05) is 6.92 Å². The zero-order valence-corrected chi connectivity index (χ0v) is 13.7. The highest BCUT2D eigenvalue weighted by molar-refractivity contribution is 7.07. The number of hydrogen-bond acceptors (Lipinski definition) is 3. The summed E-state index contributed by atoms with van der Waals surface area (Å²) in [5, 5.41) is 7.38. The molecule has 3 rings (SSSR count). The summed E-state index contributed by atoms with van der Waals surface area (Å²) < 4.78 is 0. The molecule has 3 nitrogen and oxygen atoms in total. The van der Waals surface area contributed by atoms with E-state index in [4.69, 9.17) is 0 Å². The number of benzene rings is 1. The number of thiophene rings is 1. The highest BCUT2D eigenvalue weighted by Gasteiger charge is 2.25. The van der Waals surface area contributed by atoms with Crippen LogP contribution >= 0.6 is 11.3 Å². The third-order valence-electron chi connectivity index (χ3n) is 4.34. The van der Waals surface area contributed by atoms with E-state index in [1.165, 1.54) is 16.7 Å². The minimum absolute atomic E-state index is 0.123. The van der Waals surface area contributed by atoms with Gasteiger partial charge >= 0.3 is 0 Å². The zero-order chi connectivity index (χ0) is 15.4. The Balaban J connectivity index is 1.76. The van der Waals surface area contributed by atoms with E-state index in [0.717, 1.165) is 19.5 Å². The van der Waals surface area contributed by atoms with E-state index in [0.29, 0.717) is 13.0 Å². The van der Waals surface area contributed by atoms with Gasteiger partial charge in [-0.05, 0) is 39.9 Å². The molecule has 2 aromatic rings. The van der Waals surface area contributed by atoms with Crippen molar-refractivity contribution >= 4 is 17.2 Å². The number of amides is 1. The zero-order valence-electron chi connectivity index (χ0n) is 12.9. The van der Waals surface area contributed by atoms with Crippen LogP contribution < -0.4 is 5.32 Å². The Kier molecular flexibility index (Phi) is 4.90. The molecule has 0 radical (unpaired) electrons. The van der Waals surface area contributed by atoms with Gasteiger partial charge in [-0.1, -0.05) is 31.2 Å². The molecular weight excluding hydrogens is 292 g/mol. The van der Waals surface area contributed by atoms with Gasteiger partial charge in [0.05, 0.1) is 6.04 Å². The largest absolute Gasteiger partial charge is 0.354 e. The van der Waals surface area contributed by atoms with Gasteiger partial charge in [-0.2, -0.15) is 11.3 Å². The van der Waals surface area contributed by atoms with E-state index < -0.39 is 0 Å². The number of nitrogens with zero attached hydrogens (tertiary/aromatic N) is 1. The van der Waals surface area contributed by atoms with Crippen LogP contribution in [0.3, 0.4) is 0 Å². The van der Waals surface area contributed by atoms with Crippen LogP contribution in [-0.2, 0) is 17.8 Å². The maximum Gasteiger partial charge on any atom is 0.219 e. The SMILES string of the molecule is CCC(=O)NCC(c1ccsc1)N1CCc2ccccc2C1. The van der Waals surface area contributed by atoms with Crippen LogP contribution in [0.15, 0.2) is 41.1 Å². The van der Waals surface area contributed by atoms with Gasteiger partial charge in [-0.3, -0.25) is 9.69 Å². The lowest BCUT2D eigenvalue weighted by molar-refractivity contribution is -0.121. The van der Waals surface area contributed by atoms with Crippen molar-refractivity contribution in [3.8, 4) is 0 Å². The fourth-order valence-corrected chi connectivity index (χ4v) is 3.75. The van der Waals surface area contributed by atoms with E-state index in [-0.39, 0.29) is 11.9 Å². The average Bonchev–Trinajstić information content (AvgIpc) is 3.09. The van der Waals surface area contributed by atoms with Crippen LogP contribution in [0.2, 0.25) is 0 Å². The Labute approximate surface area is 136 Å². The first-order valence-corrected chi connectivity index (χ1v) is 8.82. The summed E-state index contributed by atoms with van der Waals surface area (Å²) in [5.41, 5.74) is 4.18. The van der Waals surface area contributed by atoms with Crippen LogP contribution in [0.25, 0.3) is 0 Å². The molecule has 1 aromatic heterocycles. The summed E-state index contributed by atoms with van der Waals surface area (Å²) in [7, 11) is 0. The fraction of sp³-hybridized carbons (Fsp3) is 0.389. The predicted octanol–water partition coefficient (Wildman–Crippen LogP) is 3.37. The van der Waals surface area contributed by atoms with Crippen molar-refractivity contribution in [1.82, 2.24) is 10.2 Å². The maximum absolute atomic E-state index is 11.6. The molecular formula is C18H22N2OS. The quantitative estimate of drug-likeness (QED) is 0.917. The van der Waals surface area contributed by atoms with Crippen LogP contribution in [-0.4, -0.2) is 23.9 Å². The lowest BCUT2D eigenvalue weighted by Crippen LogP contribution is -2.40. The summed E-state index contributed by atoms with van der Waals surface area (Å²) in [6.45, 7) is 4.58. The first kappa shape index (κ1) is 15.3. The lowest BCUT2D eigenvalue weighted by atomic mass is 9.97. The van der Waals surface area contributed by atoms with E-state index in [2.05, 4.69) is 51.3 Å². The Morgan fingerprint density at radius 3 is 2.86 bits per heavy atom. The highest BCUT2D eigenvalue weighted by atomic mass is 32.1. The molecule has 0 saturated carbocycles. The van der Waals surface area contributed by atoms with Crippen LogP contribution in [0.4, 0.5) is 0 Å². The molecule has 4 heteroatoms. The molecule has 1 N–H and O–H groups in total. The molecule has 0 aliphatic carbocycles. The van der Waals surface area contributed by atoms with Crippen LogP contribution in [0, 0.1) is 0 Å². The topological polar surface area (TPSA) is 32.3 Å². The fourth-order valence-electron chi connectivity index (χ4n) is 3.04. The Bertz CT molecular complexity index is 624. The van der Waals surface area contributed by atoms with Crippen molar-refractivity contribution in [2.24, 2.45) is 0 Å². The summed E-state index contributed by atoms with van der Waals surface area (Å²) in [4.78, 5) is 14.1. The van der Waals surface area contributed by atoms with Gasteiger partial charge < -0.3 is 5.32 Å². The first-order valence-electron chi connectivity index (χ1n) is 7.87. The van der Waals surface area contributed by atoms with Gasteiger partial charge in [-0.25, -0.2) is 0 Å². The maximum atomic E-state index is 11.6. The molecule has 0 saturated heterocycles. The van der Waals surface area contributed by atoms with Crippen molar-refractivity contribution in [1.29, 1.82) is 0 Å². The number of rotatable bonds is 5. The van der Waals surface area contributed by atoms with Crippen molar-refractivity contribution in [3.63, 3.8) is 0 Å². The van der Waals surface area contributed by atoms with Gasteiger partial charge in [0.1, 0.15) is 0 Å². The molecule has 22 heavy (non-hydrogen) atoms. The van der Waals surface area contributed by atoms with Crippen LogP contribution in [0.1, 0.15) is 36.1 Å². The van der Waals surface area contributed by atoms with Gasteiger partial charge in [0, 0.05) is 26.1 Å². The normalized spacial score (nSPS) is 16.0. The van der Waals surface area contributed by atoms with Crippen molar-refractivity contribution in [2.75, 3.05) is 13.1 Å². The second-order valence-corrected chi connectivity index (χ2v) is 6.50. The Morgan fingerprint density at radius 1 is 1.32 bits per heavy atom. The molecule has 1 amide bonds. The lowest BCUT2D eigenvalue weighted by Gasteiger charge is -2.35. The average molecular weight is 314 g/mol. The standard InChI is InChI=1S/C18H22N2OS/c1-2-18(21)19-11-17(16-8-10-22-13-16)20-9-7-14-5-3-4-6-15(14)12-20/h3-6,8,10,13,17H,2,7,9,11-12H2,1H3,(H,19,21). The molecule has 1 aliphatic heterocycles. The number of fused-ring (bicyclic) bond motifs is 1. The Morgan fingerprint density at radius 2 is 2.14 bits per heavy atom. The Hall–Kier alpha value is -1.65. The second-order valence-electron chi connectivity index (χ2n) is 5.72. The summed E-state index contributed by atoms with van der Waals surface area (Å²) in [5.74, 6) is 0.123. The third-order valence-corrected chi connectivity index (χ3v) is 5.04. The molecule has 1 aliphatic rings. The highest BCUT2D eigenvalue weighted by Crippen LogP contribution is 2.28. The molecule has 1 aromatic carbocycles. The molecule has 0 bridgehead atoms. The van der Waals surface area contributed by atoms with Gasteiger partial charge in [0.15, 0.2) is 0 Å². The number of carbonyl (C=O) groups excluding carboxylic acids is 1. The summed E-state index contributed by atoms with van der Waals surface area (Å²) in [6, 6.07) is 11.1. The molecule has 0 fully saturated rings. The van der Waals surface area contributed by atoms with E-state index in [9.17, 15) is 4.79 Å². The molecule has 2 heterocycles. The molecule has 1 unspecified atom stereocenters. The van der Waals surface area contributed by atoms with Crippen molar-refractivity contribution in [3.05, 3.63) is 57.8 Å². The third kappa shape index (κ3) is 3.39. The number of nitrogens with one attached hydrogen (secondary N) is 1. The van der Waals surface area contributed by atoms with Gasteiger partial charge in [0.25, 0.3) is 0 Å². The number of carbonyl (C=O) groups is 1. The van der Waals surface area contributed by atoms with Crippen molar-refractivity contribution < 1.29 is 4.79 Å². The molecule has 116 valence electrons. The monoisotopic (exact) mass is 314 g/mol. The molecule has 1 atom stereocenters. The van der Waals surface area contributed by atoms with Gasteiger partial charge in [0.2, 0.25) is 5.91 Å². The van der Waals surface area contributed by atoms with Crippen molar-refractivity contribution in [2.45, 2.75) is 32.4 Å². The summed E-state index contributed by atoms with van der Waals surface area (Å²) >= 11 is 1.72.